The normalized spacial score (nSPS) is 47.5. The molecule has 2 aliphatic carbocycles. The van der Waals surface area contributed by atoms with Crippen LogP contribution in [0.15, 0.2) is 12.2 Å². The molecule has 0 aromatic carbocycles. The van der Waals surface area contributed by atoms with E-state index in [-0.39, 0.29) is 0 Å². The Labute approximate surface area is 87.2 Å². The first-order chi connectivity index (χ1) is 6.72. The van der Waals surface area contributed by atoms with E-state index < -0.39 is 0 Å². The SMILES string of the molecule is C[C@@H]1CC[C@H]2[C@H](CO)[C@@H](C)C=C[C@H]2C1. The highest BCUT2D eigenvalue weighted by atomic mass is 16.3. The zero-order chi connectivity index (χ0) is 10.1. The Kier molecular flexibility index (Phi) is 2.96. The Morgan fingerprint density at radius 1 is 1.21 bits per heavy atom. The molecule has 0 aliphatic heterocycles. The van der Waals surface area contributed by atoms with Crippen molar-refractivity contribution in [1.82, 2.24) is 0 Å². The zero-order valence-corrected chi connectivity index (χ0v) is 9.32. The molecule has 0 heterocycles. The number of aliphatic hydroxyl groups is 1. The quantitative estimate of drug-likeness (QED) is 0.636. The van der Waals surface area contributed by atoms with Crippen molar-refractivity contribution in [3.63, 3.8) is 0 Å². The minimum absolute atomic E-state index is 0.376. The maximum atomic E-state index is 9.43. The monoisotopic (exact) mass is 194 g/mol. The van der Waals surface area contributed by atoms with E-state index in [1.807, 2.05) is 0 Å². The van der Waals surface area contributed by atoms with Crippen LogP contribution < -0.4 is 0 Å². The molecule has 0 spiro atoms. The Morgan fingerprint density at radius 2 is 2.00 bits per heavy atom. The number of allylic oxidation sites excluding steroid dienone is 2. The second-order valence-electron chi connectivity index (χ2n) is 5.34. The molecular formula is C13H22O. The molecule has 1 nitrogen and oxygen atoms in total. The first-order valence-corrected chi connectivity index (χ1v) is 6.01. The van der Waals surface area contributed by atoms with Gasteiger partial charge in [-0.1, -0.05) is 32.4 Å². The fourth-order valence-electron chi connectivity index (χ4n) is 3.35. The van der Waals surface area contributed by atoms with Crippen LogP contribution in [0.1, 0.15) is 33.1 Å². The largest absolute Gasteiger partial charge is 0.396 e. The predicted octanol–water partition coefficient (Wildman–Crippen LogP) is 2.85. The molecule has 2 rings (SSSR count). The van der Waals surface area contributed by atoms with Gasteiger partial charge in [0, 0.05) is 6.61 Å². The number of hydrogen-bond acceptors (Lipinski definition) is 1. The van der Waals surface area contributed by atoms with Crippen molar-refractivity contribution in [2.45, 2.75) is 33.1 Å². The first kappa shape index (κ1) is 10.2. The van der Waals surface area contributed by atoms with Gasteiger partial charge in [0.25, 0.3) is 0 Å². The van der Waals surface area contributed by atoms with Crippen LogP contribution in [0.2, 0.25) is 0 Å². The summed E-state index contributed by atoms with van der Waals surface area (Å²) in [5.74, 6) is 3.50. The molecule has 80 valence electrons. The second-order valence-corrected chi connectivity index (χ2v) is 5.34. The molecule has 1 heteroatoms. The molecular weight excluding hydrogens is 172 g/mol. The van der Waals surface area contributed by atoms with Gasteiger partial charge in [-0.15, -0.1) is 0 Å². The Hall–Kier alpha value is -0.300. The Morgan fingerprint density at radius 3 is 2.71 bits per heavy atom. The van der Waals surface area contributed by atoms with E-state index in [0.717, 1.165) is 17.8 Å². The van der Waals surface area contributed by atoms with E-state index in [1.165, 1.54) is 19.3 Å². The summed E-state index contributed by atoms with van der Waals surface area (Å²) in [6.07, 6.45) is 8.76. The highest BCUT2D eigenvalue weighted by molar-refractivity contribution is 5.05. The summed E-state index contributed by atoms with van der Waals surface area (Å²) < 4.78 is 0. The van der Waals surface area contributed by atoms with E-state index in [0.29, 0.717) is 18.4 Å². The van der Waals surface area contributed by atoms with E-state index in [4.69, 9.17) is 0 Å². The first-order valence-electron chi connectivity index (χ1n) is 6.01. The third-order valence-electron chi connectivity index (χ3n) is 4.32. The molecule has 0 radical (unpaired) electrons. The number of aliphatic hydroxyl groups excluding tert-OH is 1. The molecule has 0 unspecified atom stereocenters. The number of rotatable bonds is 1. The fourth-order valence-corrected chi connectivity index (χ4v) is 3.35. The predicted molar refractivity (Wildman–Crippen MR) is 58.9 cm³/mol. The highest BCUT2D eigenvalue weighted by Gasteiger charge is 2.36. The second kappa shape index (κ2) is 4.06. The summed E-state index contributed by atoms with van der Waals surface area (Å²) in [5, 5.41) is 9.43. The van der Waals surface area contributed by atoms with Crippen molar-refractivity contribution in [2.24, 2.45) is 29.6 Å². The number of hydrogen-bond donors (Lipinski definition) is 1. The molecule has 1 N–H and O–H groups in total. The van der Waals surface area contributed by atoms with Gasteiger partial charge in [0.2, 0.25) is 0 Å². The standard InChI is InChI=1S/C13H22O/c1-9-3-6-12-11(7-9)5-4-10(2)13(12)8-14/h4-5,9-14H,3,6-8H2,1-2H3/t9-,10+,11+,12-,13-/m1/s1. The van der Waals surface area contributed by atoms with Crippen LogP contribution >= 0.6 is 0 Å². The van der Waals surface area contributed by atoms with Gasteiger partial charge in [0.1, 0.15) is 0 Å². The van der Waals surface area contributed by atoms with Gasteiger partial charge in [-0.25, -0.2) is 0 Å². The molecule has 1 saturated carbocycles. The zero-order valence-electron chi connectivity index (χ0n) is 9.32. The molecule has 0 amide bonds. The van der Waals surface area contributed by atoms with Gasteiger partial charge in [0.15, 0.2) is 0 Å². The summed E-state index contributed by atoms with van der Waals surface area (Å²) in [6.45, 7) is 4.97. The summed E-state index contributed by atoms with van der Waals surface area (Å²) in [6, 6.07) is 0. The lowest BCUT2D eigenvalue weighted by molar-refractivity contribution is 0.0724. The van der Waals surface area contributed by atoms with Crippen LogP contribution in [-0.2, 0) is 0 Å². The smallest absolute Gasteiger partial charge is 0.0467 e. The summed E-state index contributed by atoms with van der Waals surface area (Å²) in [5.41, 5.74) is 0. The van der Waals surface area contributed by atoms with E-state index in [9.17, 15) is 5.11 Å². The molecule has 2 aliphatic rings. The minimum Gasteiger partial charge on any atom is -0.396 e. The summed E-state index contributed by atoms with van der Waals surface area (Å²) in [4.78, 5) is 0. The fraction of sp³-hybridized carbons (Fsp3) is 0.846. The summed E-state index contributed by atoms with van der Waals surface area (Å²) >= 11 is 0. The maximum Gasteiger partial charge on any atom is 0.0467 e. The highest BCUT2D eigenvalue weighted by Crippen LogP contribution is 2.44. The lowest BCUT2D eigenvalue weighted by Crippen LogP contribution is -2.36. The third kappa shape index (κ3) is 1.75. The average Bonchev–Trinajstić information content (AvgIpc) is 2.18. The van der Waals surface area contributed by atoms with Gasteiger partial charge in [-0.3, -0.25) is 0 Å². The number of fused-ring (bicyclic) bond motifs is 1. The topological polar surface area (TPSA) is 20.2 Å². The van der Waals surface area contributed by atoms with Crippen molar-refractivity contribution >= 4 is 0 Å². The van der Waals surface area contributed by atoms with Crippen LogP contribution in [0.5, 0.6) is 0 Å². The maximum absolute atomic E-state index is 9.43. The molecule has 0 aromatic rings. The lowest BCUT2D eigenvalue weighted by atomic mass is 9.63. The van der Waals surface area contributed by atoms with Crippen molar-refractivity contribution < 1.29 is 5.11 Å². The van der Waals surface area contributed by atoms with Crippen molar-refractivity contribution in [2.75, 3.05) is 6.61 Å². The Balaban J connectivity index is 2.12. The van der Waals surface area contributed by atoms with Crippen molar-refractivity contribution in [3.05, 3.63) is 12.2 Å². The Bertz CT molecular complexity index is 221. The van der Waals surface area contributed by atoms with Crippen molar-refractivity contribution in [1.29, 1.82) is 0 Å². The van der Waals surface area contributed by atoms with E-state index in [1.54, 1.807) is 0 Å². The van der Waals surface area contributed by atoms with Gasteiger partial charge >= 0.3 is 0 Å². The van der Waals surface area contributed by atoms with Crippen LogP contribution in [0.25, 0.3) is 0 Å². The van der Waals surface area contributed by atoms with Crippen LogP contribution in [-0.4, -0.2) is 11.7 Å². The molecule has 0 aromatic heterocycles. The van der Waals surface area contributed by atoms with E-state index >= 15 is 0 Å². The molecule has 0 saturated heterocycles. The van der Waals surface area contributed by atoms with Crippen molar-refractivity contribution in [3.8, 4) is 0 Å². The van der Waals surface area contributed by atoms with Gasteiger partial charge in [-0.2, -0.15) is 0 Å². The molecule has 14 heavy (non-hydrogen) atoms. The molecule has 0 bridgehead atoms. The molecule has 5 atom stereocenters. The lowest BCUT2D eigenvalue weighted by Gasteiger charge is -2.42. The summed E-state index contributed by atoms with van der Waals surface area (Å²) in [7, 11) is 0. The third-order valence-corrected chi connectivity index (χ3v) is 4.32. The van der Waals surface area contributed by atoms with E-state index in [2.05, 4.69) is 26.0 Å². The van der Waals surface area contributed by atoms with Gasteiger partial charge < -0.3 is 5.11 Å². The van der Waals surface area contributed by atoms with Crippen LogP contribution in [0, 0.1) is 29.6 Å². The van der Waals surface area contributed by atoms with Crippen LogP contribution in [0.4, 0.5) is 0 Å². The minimum atomic E-state index is 0.376. The molecule has 1 fully saturated rings. The van der Waals surface area contributed by atoms with Crippen LogP contribution in [0.3, 0.4) is 0 Å². The average molecular weight is 194 g/mol. The van der Waals surface area contributed by atoms with Gasteiger partial charge in [-0.05, 0) is 42.4 Å². The van der Waals surface area contributed by atoms with Gasteiger partial charge in [0.05, 0.1) is 0 Å².